The number of pyridine rings is 1. The van der Waals surface area contributed by atoms with Gasteiger partial charge in [0.2, 0.25) is 0 Å². The van der Waals surface area contributed by atoms with Crippen molar-refractivity contribution in [1.29, 1.82) is 0 Å². The summed E-state index contributed by atoms with van der Waals surface area (Å²) in [6.07, 6.45) is 0. The summed E-state index contributed by atoms with van der Waals surface area (Å²) in [6.45, 7) is -0.478. The van der Waals surface area contributed by atoms with E-state index in [9.17, 15) is 14.7 Å². The molecule has 3 N–H and O–H groups in total. The van der Waals surface area contributed by atoms with Gasteiger partial charge in [0.25, 0.3) is 5.91 Å². The molecule has 7 heteroatoms. The maximum absolute atomic E-state index is 12.0. The Morgan fingerprint density at radius 3 is 2.40 bits per heavy atom. The summed E-state index contributed by atoms with van der Waals surface area (Å²) >= 11 is 4.32. The molecule has 3 rings (SSSR count). The van der Waals surface area contributed by atoms with Crippen molar-refractivity contribution in [1.82, 2.24) is 10.3 Å². The molecule has 6 nitrogen and oxygen atoms in total. The van der Waals surface area contributed by atoms with Gasteiger partial charge in [-0.2, -0.15) is 0 Å². The van der Waals surface area contributed by atoms with E-state index < -0.39 is 18.4 Å². The highest BCUT2D eigenvalue weighted by molar-refractivity contribution is 7.80. The lowest BCUT2D eigenvalue weighted by Crippen LogP contribution is -2.29. The number of carboxylic acid groups (broad SMARTS) is 1. The van der Waals surface area contributed by atoms with Gasteiger partial charge in [0, 0.05) is 5.39 Å². The average Bonchev–Trinajstić information content (AvgIpc) is 2.59. The predicted molar refractivity (Wildman–Crippen MR) is 96.1 cm³/mol. The van der Waals surface area contributed by atoms with E-state index in [4.69, 9.17) is 5.11 Å². The normalized spacial score (nSPS) is 10.6. The largest absolute Gasteiger partial charge is 0.508 e. The number of thiol groups is 1. The number of hydrogen-bond acceptors (Lipinski definition) is 5. The zero-order valence-corrected chi connectivity index (χ0v) is 13.8. The van der Waals surface area contributed by atoms with E-state index in [0.29, 0.717) is 5.03 Å². The summed E-state index contributed by atoms with van der Waals surface area (Å²) in [5.74, 6) is -1.52. The summed E-state index contributed by atoms with van der Waals surface area (Å²) in [5, 5.41) is 22.2. The Balaban J connectivity index is 2.01. The molecule has 0 aliphatic carbocycles. The summed E-state index contributed by atoms with van der Waals surface area (Å²) in [6, 6.07) is 14.0. The molecule has 0 aliphatic heterocycles. The predicted octanol–water partition coefficient (Wildman–Crippen LogP) is 2.71. The van der Waals surface area contributed by atoms with Gasteiger partial charge in [0.1, 0.15) is 23.0 Å². The number of carbonyl (C=O) groups excluding carboxylic acids is 1. The van der Waals surface area contributed by atoms with E-state index in [2.05, 4.69) is 22.9 Å². The number of carboxylic acids is 1. The maximum atomic E-state index is 12.0. The molecule has 0 spiro atoms. The monoisotopic (exact) mass is 354 g/mol. The van der Waals surface area contributed by atoms with Gasteiger partial charge in [-0.1, -0.05) is 24.3 Å². The average molecular weight is 354 g/mol. The van der Waals surface area contributed by atoms with Crippen molar-refractivity contribution >= 4 is 35.3 Å². The van der Waals surface area contributed by atoms with Gasteiger partial charge in [-0.3, -0.25) is 9.59 Å². The maximum Gasteiger partial charge on any atom is 0.322 e. The van der Waals surface area contributed by atoms with Crippen molar-refractivity contribution in [3.05, 3.63) is 54.2 Å². The lowest BCUT2D eigenvalue weighted by atomic mass is 10.0. The van der Waals surface area contributed by atoms with Crippen LogP contribution in [0.25, 0.3) is 21.9 Å². The second-order valence-electron chi connectivity index (χ2n) is 5.39. The fourth-order valence-electron chi connectivity index (χ4n) is 2.44. The minimum Gasteiger partial charge on any atom is -0.508 e. The smallest absolute Gasteiger partial charge is 0.322 e. The van der Waals surface area contributed by atoms with Crippen LogP contribution in [-0.2, 0) is 4.79 Å². The van der Waals surface area contributed by atoms with Gasteiger partial charge >= 0.3 is 5.97 Å². The molecule has 0 atom stereocenters. The minimum absolute atomic E-state index is 0.0987. The number of amides is 1. The zero-order chi connectivity index (χ0) is 18.0. The molecular formula is C18H14N2O4S. The standard InChI is InChI=1S/C18H14N2O4S/c21-13-4-1-10(2-5-13)11-3-6-14-12(7-11)8-15(20-18(14)25)17(24)19-9-16(22)23/h1-8,21H,9H2,(H,19,24)(H,20,25)(H,22,23). The first-order valence-corrected chi connectivity index (χ1v) is 7.82. The van der Waals surface area contributed by atoms with Crippen LogP contribution in [0.4, 0.5) is 0 Å². The Kier molecular flexibility index (Phi) is 4.58. The van der Waals surface area contributed by atoms with E-state index in [1.807, 2.05) is 18.2 Å². The number of nitrogens with zero attached hydrogens (tertiary/aromatic N) is 1. The van der Waals surface area contributed by atoms with E-state index in [0.717, 1.165) is 21.9 Å². The minimum atomic E-state index is -1.13. The SMILES string of the molecule is O=C(O)CNC(=O)c1cc2cc(-c3ccc(O)cc3)ccc2c(S)n1. The van der Waals surface area contributed by atoms with Gasteiger partial charge in [0.05, 0.1) is 0 Å². The van der Waals surface area contributed by atoms with E-state index in [1.54, 1.807) is 30.3 Å². The molecule has 0 unspecified atom stereocenters. The van der Waals surface area contributed by atoms with E-state index in [1.165, 1.54) is 0 Å². The highest BCUT2D eigenvalue weighted by Gasteiger charge is 2.12. The molecule has 0 radical (unpaired) electrons. The summed E-state index contributed by atoms with van der Waals surface area (Å²) in [7, 11) is 0. The first-order valence-electron chi connectivity index (χ1n) is 7.37. The van der Waals surface area contributed by atoms with Crippen LogP contribution in [0.3, 0.4) is 0 Å². The zero-order valence-electron chi connectivity index (χ0n) is 12.9. The summed E-state index contributed by atoms with van der Waals surface area (Å²) < 4.78 is 0. The van der Waals surface area contributed by atoms with Gasteiger partial charge in [-0.25, -0.2) is 4.98 Å². The fraction of sp³-hybridized carbons (Fsp3) is 0.0556. The van der Waals surface area contributed by atoms with Crippen LogP contribution in [0.5, 0.6) is 5.75 Å². The molecule has 1 aromatic heterocycles. The van der Waals surface area contributed by atoms with Crippen LogP contribution in [-0.4, -0.2) is 33.6 Å². The van der Waals surface area contributed by atoms with Gasteiger partial charge in [0.15, 0.2) is 0 Å². The number of carbonyl (C=O) groups is 2. The number of aromatic nitrogens is 1. The number of rotatable bonds is 4. The Hall–Kier alpha value is -3.06. The number of phenols is 1. The third-order valence-corrected chi connectivity index (χ3v) is 3.99. The first kappa shape index (κ1) is 16.8. The highest BCUT2D eigenvalue weighted by atomic mass is 32.1. The van der Waals surface area contributed by atoms with Crippen molar-refractivity contribution in [2.45, 2.75) is 5.03 Å². The van der Waals surface area contributed by atoms with Crippen molar-refractivity contribution in [3.8, 4) is 16.9 Å². The quantitative estimate of drug-likeness (QED) is 0.540. The molecule has 0 saturated carbocycles. The molecule has 2 aromatic carbocycles. The molecule has 0 aliphatic rings. The molecule has 0 saturated heterocycles. The number of nitrogens with one attached hydrogen (secondary N) is 1. The second kappa shape index (κ2) is 6.82. The Bertz CT molecular complexity index is 971. The van der Waals surface area contributed by atoms with Crippen LogP contribution in [0.15, 0.2) is 53.6 Å². The highest BCUT2D eigenvalue weighted by Crippen LogP contribution is 2.28. The molecule has 0 bridgehead atoms. The molecule has 3 aromatic rings. The van der Waals surface area contributed by atoms with E-state index in [-0.39, 0.29) is 11.4 Å². The second-order valence-corrected chi connectivity index (χ2v) is 5.81. The van der Waals surface area contributed by atoms with Crippen molar-refractivity contribution in [2.75, 3.05) is 6.54 Å². The molecule has 1 heterocycles. The Labute approximate surface area is 148 Å². The van der Waals surface area contributed by atoms with E-state index >= 15 is 0 Å². The van der Waals surface area contributed by atoms with Crippen molar-refractivity contribution in [3.63, 3.8) is 0 Å². The number of phenolic OH excluding ortho intramolecular Hbond substituents is 1. The number of benzene rings is 2. The lowest BCUT2D eigenvalue weighted by Gasteiger charge is -2.08. The van der Waals surface area contributed by atoms with Crippen LogP contribution in [0.1, 0.15) is 10.5 Å². The third kappa shape index (κ3) is 3.72. The van der Waals surface area contributed by atoms with Crippen LogP contribution < -0.4 is 5.32 Å². The molecule has 126 valence electrons. The molecule has 1 amide bonds. The number of fused-ring (bicyclic) bond motifs is 1. The van der Waals surface area contributed by atoms with Crippen LogP contribution in [0.2, 0.25) is 0 Å². The number of aromatic hydroxyl groups is 1. The number of hydrogen-bond donors (Lipinski definition) is 4. The number of aliphatic carboxylic acids is 1. The van der Waals surface area contributed by atoms with Gasteiger partial charge < -0.3 is 15.5 Å². The van der Waals surface area contributed by atoms with Crippen LogP contribution >= 0.6 is 12.6 Å². The van der Waals surface area contributed by atoms with Crippen LogP contribution in [0, 0.1) is 0 Å². The third-order valence-electron chi connectivity index (χ3n) is 3.64. The van der Waals surface area contributed by atoms with Gasteiger partial charge in [-0.05, 0) is 40.8 Å². The Morgan fingerprint density at radius 2 is 1.72 bits per heavy atom. The fourth-order valence-corrected chi connectivity index (χ4v) is 2.75. The Morgan fingerprint density at radius 1 is 1.04 bits per heavy atom. The van der Waals surface area contributed by atoms with Crippen molar-refractivity contribution < 1.29 is 19.8 Å². The molecular weight excluding hydrogens is 340 g/mol. The lowest BCUT2D eigenvalue weighted by molar-refractivity contribution is -0.135. The summed E-state index contributed by atoms with van der Waals surface area (Å²) in [5.41, 5.74) is 1.92. The first-order chi connectivity index (χ1) is 11.9. The van der Waals surface area contributed by atoms with Gasteiger partial charge in [-0.15, -0.1) is 12.6 Å². The van der Waals surface area contributed by atoms with Crippen molar-refractivity contribution in [2.24, 2.45) is 0 Å². The topological polar surface area (TPSA) is 99.5 Å². The molecule has 0 fully saturated rings. The molecule has 25 heavy (non-hydrogen) atoms. The summed E-state index contributed by atoms with van der Waals surface area (Å²) in [4.78, 5) is 26.7.